The number of hydrogen-bond acceptors (Lipinski definition) is 3. The summed E-state index contributed by atoms with van der Waals surface area (Å²) in [7, 11) is 0. The van der Waals surface area contributed by atoms with Crippen molar-refractivity contribution in [1.29, 1.82) is 0 Å². The molecule has 0 aliphatic carbocycles. The Bertz CT molecular complexity index is 550. The lowest BCUT2D eigenvalue weighted by Gasteiger charge is -2.43. The highest BCUT2D eigenvalue weighted by molar-refractivity contribution is 5.72. The molecule has 0 bridgehead atoms. The molecule has 4 nitrogen and oxygen atoms in total. The van der Waals surface area contributed by atoms with Crippen molar-refractivity contribution < 1.29 is 9.53 Å². The molecule has 0 saturated carbocycles. The Morgan fingerprint density at radius 2 is 2.05 bits per heavy atom. The summed E-state index contributed by atoms with van der Waals surface area (Å²) in [5.41, 5.74) is 1.75. The molecule has 21 heavy (non-hydrogen) atoms. The molecule has 114 valence electrons. The van der Waals surface area contributed by atoms with Gasteiger partial charge < -0.3 is 10.1 Å². The highest BCUT2D eigenvalue weighted by Crippen LogP contribution is 2.47. The van der Waals surface area contributed by atoms with Crippen LogP contribution in [0.3, 0.4) is 0 Å². The van der Waals surface area contributed by atoms with Crippen LogP contribution < -0.4 is 5.32 Å². The van der Waals surface area contributed by atoms with Crippen molar-refractivity contribution >= 4 is 11.8 Å². The van der Waals surface area contributed by atoms with Gasteiger partial charge in [-0.15, -0.1) is 0 Å². The molecule has 0 unspecified atom stereocenters. The summed E-state index contributed by atoms with van der Waals surface area (Å²) in [5, 5.41) is 3.44. The average Bonchev–Trinajstić information content (AvgIpc) is 2.82. The van der Waals surface area contributed by atoms with Gasteiger partial charge in [-0.3, -0.25) is 4.90 Å². The predicted molar refractivity (Wildman–Crippen MR) is 83.4 cm³/mol. The van der Waals surface area contributed by atoms with E-state index in [-0.39, 0.29) is 11.6 Å². The van der Waals surface area contributed by atoms with Crippen LogP contribution in [0.1, 0.15) is 45.6 Å². The first-order valence-electron chi connectivity index (χ1n) is 7.76. The molecule has 0 aromatic heterocycles. The van der Waals surface area contributed by atoms with Crippen molar-refractivity contribution in [2.75, 3.05) is 18.4 Å². The minimum Gasteiger partial charge on any atom is -0.444 e. The Morgan fingerprint density at radius 1 is 1.29 bits per heavy atom. The van der Waals surface area contributed by atoms with Crippen LogP contribution in [0.25, 0.3) is 0 Å². The Labute approximate surface area is 126 Å². The van der Waals surface area contributed by atoms with Gasteiger partial charge in [0.15, 0.2) is 0 Å². The van der Waals surface area contributed by atoms with E-state index in [0.717, 1.165) is 38.0 Å². The van der Waals surface area contributed by atoms with Gasteiger partial charge >= 0.3 is 6.09 Å². The molecule has 1 fully saturated rings. The monoisotopic (exact) mass is 288 g/mol. The minimum atomic E-state index is -0.451. The van der Waals surface area contributed by atoms with Crippen LogP contribution in [-0.4, -0.2) is 29.7 Å². The molecule has 1 atom stereocenters. The molecule has 1 aromatic carbocycles. The van der Waals surface area contributed by atoms with Gasteiger partial charge in [0.1, 0.15) is 5.60 Å². The van der Waals surface area contributed by atoms with Crippen molar-refractivity contribution in [2.24, 2.45) is 0 Å². The Hall–Kier alpha value is -1.71. The van der Waals surface area contributed by atoms with Gasteiger partial charge in [-0.05, 0) is 46.1 Å². The maximum absolute atomic E-state index is 12.6. The maximum atomic E-state index is 12.6. The Balaban J connectivity index is 1.96. The maximum Gasteiger partial charge on any atom is 0.411 e. The third-order valence-electron chi connectivity index (χ3n) is 4.39. The largest absolute Gasteiger partial charge is 0.444 e. The van der Waals surface area contributed by atoms with E-state index in [1.165, 1.54) is 5.56 Å². The summed E-state index contributed by atoms with van der Waals surface area (Å²) in [5.74, 6) is 0. The van der Waals surface area contributed by atoms with Crippen LogP contribution in [0.5, 0.6) is 0 Å². The van der Waals surface area contributed by atoms with Crippen LogP contribution in [0.4, 0.5) is 10.5 Å². The van der Waals surface area contributed by atoms with Crippen LogP contribution in [0, 0.1) is 0 Å². The second kappa shape index (κ2) is 4.93. The standard InChI is InChI=1S/C17H24N2O2/c1-16(2,3)21-15(20)19-12-6-9-17(19)10-11-18-14-8-5-4-7-13(14)17/h4-5,7-8,18H,6,9-12H2,1-3H3/t17-/m1/s1. The zero-order valence-electron chi connectivity index (χ0n) is 13.1. The SMILES string of the molecule is CC(C)(C)OC(=O)N1CCC[C@]12CCNc1ccccc12. The zero-order valence-corrected chi connectivity index (χ0v) is 13.1. The summed E-state index contributed by atoms with van der Waals surface area (Å²) < 4.78 is 5.63. The first kappa shape index (κ1) is 14.2. The predicted octanol–water partition coefficient (Wildman–Crippen LogP) is 3.73. The van der Waals surface area contributed by atoms with E-state index in [0.29, 0.717) is 0 Å². The highest BCUT2D eigenvalue weighted by atomic mass is 16.6. The van der Waals surface area contributed by atoms with Crippen molar-refractivity contribution in [3.8, 4) is 0 Å². The molecule has 1 amide bonds. The average molecular weight is 288 g/mol. The fraction of sp³-hybridized carbons (Fsp3) is 0.588. The van der Waals surface area contributed by atoms with Crippen LogP contribution in [0.15, 0.2) is 24.3 Å². The molecule has 0 radical (unpaired) electrons. The van der Waals surface area contributed by atoms with Crippen LogP contribution >= 0.6 is 0 Å². The lowest BCUT2D eigenvalue weighted by atomic mass is 9.81. The summed E-state index contributed by atoms with van der Waals surface area (Å²) in [6.07, 6.45) is 2.82. The minimum absolute atomic E-state index is 0.184. The van der Waals surface area contributed by atoms with E-state index >= 15 is 0 Å². The Kier molecular flexibility index (Phi) is 3.34. The van der Waals surface area contributed by atoms with Gasteiger partial charge in [-0.2, -0.15) is 0 Å². The van der Waals surface area contributed by atoms with E-state index < -0.39 is 5.60 Å². The summed E-state index contributed by atoms with van der Waals surface area (Å²) >= 11 is 0. The number of nitrogens with zero attached hydrogens (tertiary/aromatic N) is 1. The van der Waals surface area contributed by atoms with E-state index in [4.69, 9.17) is 4.74 Å². The normalized spacial score (nSPS) is 24.6. The molecule has 2 aliphatic rings. The van der Waals surface area contributed by atoms with Gasteiger partial charge in [0.2, 0.25) is 0 Å². The molecule has 1 aromatic rings. The quantitative estimate of drug-likeness (QED) is 0.791. The number of benzene rings is 1. The van der Waals surface area contributed by atoms with Gasteiger partial charge in [-0.25, -0.2) is 4.79 Å². The Morgan fingerprint density at radius 3 is 2.81 bits per heavy atom. The van der Waals surface area contributed by atoms with Crippen molar-refractivity contribution in [1.82, 2.24) is 4.90 Å². The van der Waals surface area contributed by atoms with E-state index in [2.05, 4.69) is 23.5 Å². The van der Waals surface area contributed by atoms with E-state index in [1.54, 1.807) is 0 Å². The fourth-order valence-electron chi connectivity index (χ4n) is 3.58. The summed E-state index contributed by atoms with van der Waals surface area (Å²) in [6.45, 7) is 7.44. The molecular formula is C17H24N2O2. The van der Waals surface area contributed by atoms with Gasteiger partial charge in [0, 0.05) is 24.3 Å². The number of likely N-dealkylation sites (tertiary alicyclic amines) is 1. The number of anilines is 1. The van der Waals surface area contributed by atoms with Gasteiger partial charge in [0.25, 0.3) is 0 Å². The molecule has 1 spiro atoms. The number of amides is 1. The second-order valence-electron chi connectivity index (χ2n) is 6.99. The first-order valence-corrected chi connectivity index (χ1v) is 7.76. The molecule has 3 rings (SSSR count). The van der Waals surface area contributed by atoms with Crippen molar-refractivity contribution in [2.45, 2.75) is 51.2 Å². The number of ether oxygens (including phenoxy) is 1. The number of rotatable bonds is 0. The third-order valence-corrected chi connectivity index (χ3v) is 4.39. The number of carbonyl (C=O) groups is 1. The number of nitrogens with one attached hydrogen (secondary N) is 1. The summed E-state index contributed by atoms with van der Waals surface area (Å²) in [4.78, 5) is 14.6. The molecule has 1 saturated heterocycles. The smallest absolute Gasteiger partial charge is 0.411 e. The number of carbonyl (C=O) groups excluding carboxylic acids is 1. The number of fused-ring (bicyclic) bond motifs is 2. The van der Waals surface area contributed by atoms with Crippen LogP contribution in [-0.2, 0) is 10.3 Å². The molecule has 1 N–H and O–H groups in total. The van der Waals surface area contributed by atoms with Gasteiger partial charge in [0.05, 0.1) is 5.54 Å². The first-order chi connectivity index (χ1) is 9.92. The number of para-hydroxylation sites is 1. The lowest BCUT2D eigenvalue weighted by Crippen LogP contribution is -2.49. The van der Waals surface area contributed by atoms with Crippen molar-refractivity contribution in [3.05, 3.63) is 29.8 Å². The van der Waals surface area contributed by atoms with Crippen molar-refractivity contribution in [3.63, 3.8) is 0 Å². The summed E-state index contributed by atoms with van der Waals surface area (Å²) in [6, 6.07) is 8.34. The number of hydrogen-bond donors (Lipinski definition) is 1. The third kappa shape index (κ3) is 2.47. The highest BCUT2D eigenvalue weighted by Gasteiger charge is 2.48. The lowest BCUT2D eigenvalue weighted by molar-refractivity contribution is 0.00532. The topological polar surface area (TPSA) is 41.6 Å². The van der Waals surface area contributed by atoms with E-state index in [9.17, 15) is 4.79 Å². The molecule has 4 heteroatoms. The fourth-order valence-corrected chi connectivity index (χ4v) is 3.58. The van der Waals surface area contributed by atoms with Crippen LogP contribution in [0.2, 0.25) is 0 Å². The van der Waals surface area contributed by atoms with Gasteiger partial charge in [-0.1, -0.05) is 18.2 Å². The zero-order chi connectivity index (χ0) is 15.1. The second-order valence-corrected chi connectivity index (χ2v) is 6.99. The molecular weight excluding hydrogens is 264 g/mol. The molecule has 2 aliphatic heterocycles. The molecule has 2 heterocycles. The van der Waals surface area contributed by atoms with E-state index in [1.807, 2.05) is 31.7 Å².